The summed E-state index contributed by atoms with van der Waals surface area (Å²) in [6.07, 6.45) is 0. The van der Waals surface area contributed by atoms with Crippen molar-refractivity contribution in [3.8, 4) is 11.8 Å². The summed E-state index contributed by atoms with van der Waals surface area (Å²) in [5.74, 6) is 5.04. The summed E-state index contributed by atoms with van der Waals surface area (Å²) >= 11 is 0. The maximum absolute atomic E-state index is 11.5. The lowest BCUT2D eigenvalue weighted by Gasteiger charge is -1.98. The standard InChI is InChI=1S/C15H11NO/c17-15(16-14-9-5-2-6-10-14)12-11-13-7-3-1-4-8-13/h1-10H,(H,16,17). The van der Waals surface area contributed by atoms with Crippen LogP contribution in [0.5, 0.6) is 0 Å². The van der Waals surface area contributed by atoms with E-state index in [1.165, 1.54) is 0 Å². The van der Waals surface area contributed by atoms with Gasteiger partial charge in [-0.15, -0.1) is 0 Å². The molecule has 0 atom stereocenters. The Kier molecular flexibility index (Phi) is 3.57. The van der Waals surface area contributed by atoms with E-state index in [2.05, 4.69) is 17.2 Å². The number of hydrogen-bond acceptors (Lipinski definition) is 1. The van der Waals surface area contributed by atoms with E-state index in [0.29, 0.717) is 0 Å². The number of hydrogen-bond donors (Lipinski definition) is 1. The van der Waals surface area contributed by atoms with E-state index >= 15 is 0 Å². The molecule has 1 N–H and O–H groups in total. The minimum Gasteiger partial charge on any atom is -0.315 e. The summed E-state index contributed by atoms with van der Waals surface area (Å²) in [6, 6.07) is 18.7. The molecule has 17 heavy (non-hydrogen) atoms. The molecule has 0 fully saturated rings. The summed E-state index contributed by atoms with van der Waals surface area (Å²) < 4.78 is 0. The lowest BCUT2D eigenvalue weighted by molar-refractivity contribution is -0.111. The first kappa shape index (κ1) is 11.0. The van der Waals surface area contributed by atoms with Crippen LogP contribution in [0.3, 0.4) is 0 Å². The molecule has 0 radical (unpaired) electrons. The van der Waals surface area contributed by atoms with Gasteiger partial charge in [-0.2, -0.15) is 0 Å². The van der Waals surface area contributed by atoms with E-state index in [4.69, 9.17) is 0 Å². The number of carbonyl (C=O) groups excluding carboxylic acids is 1. The van der Waals surface area contributed by atoms with Crippen LogP contribution in [0.25, 0.3) is 0 Å². The molecule has 2 nitrogen and oxygen atoms in total. The number of rotatable bonds is 1. The van der Waals surface area contributed by atoms with Gasteiger partial charge in [0.2, 0.25) is 0 Å². The van der Waals surface area contributed by atoms with E-state index in [9.17, 15) is 4.79 Å². The van der Waals surface area contributed by atoms with Crippen LogP contribution in [0, 0.1) is 11.8 Å². The van der Waals surface area contributed by atoms with Gasteiger partial charge >= 0.3 is 5.91 Å². The monoisotopic (exact) mass is 221 g/mol. The fourth-order valence-electron chi connectivity index (χ4n) is 1.33. The molecular formula is C15H11NO. The molecule has 82 valence electrons. The molecule has 0 unspecified atom stereocenters. The molecule has 0 saturated heterocycles. The van der Waals surface area contributed by atoms with Crippen LogP contribution in [-0.4, -0.2) is 5.91 Å². The zero-order valence-corrected chi connectivity index (χ0v) is 9.18. The summed E-state index contributed by atoms with van der Waals surface area (Å²) in [6.45, 7) is 0. The minimum atomic E-state index is -0.306. The second-order valence-corrected chi connectivity index (χ2v) is 3.44. The smallest absolute Gasteiger partial charge is 0.300 e. The van der Waals surface area contributed by atoms with Crippen LogP contribution >= 0.6 is 0 Å². The third-order valence-electron chi connectivity index (χ3n) is 2.13. The van der Waals surface area contributed by atoms with E-state index in [1.54, 1.807) is 0 Å². The van der Waals surface area contributed by atoms with Gasteiger partial charge in [-0.3, -0.25) is 4.79 Å². The Morgan fingerprint density at radius 3 is 2.12 bits per heavy atom. The highest BCUT2D eigenvalue weighted by Crippen LogP contribution is 2.04. The number of carbonyl (C=O) groups is 1. The maximum atomic E-state index is 11.5. The predicted octanol–water partition coefficient (Wildman–Crippen LogP) is 2.68. The number of anilines is 1. The van der Waals surface area contributed by atoms with Gasteiger partial charge in [0.25, 0.3) is 0 Å². The SMILES string of the molecule is O=C(C#Cc1ccccc1)Nc1ccccc1. The van der Waals surface area contributed by atoms with Gasteiger partial charge in [0, 0.05) is 17.2 Å². The molecular weight excluding hydrogens is 210 g/mol. The molecule has 0 heterocycles. The Hall–Kier alpha value is -2.53. The summed E-state index contributed by atoms with van der Waals surface area (Å²) in [5.41, 5.74) is 1.58. The van der Waals surface area contributed by atoms with Crippen molar-refractivity contribution in [2.45, 2.75) is 0 Å². The Morgan fingerprint density at radius 1 is 0.882 bits per heavy atom. The number of nitrogens with one attached hydrogen (secondary N) is 1. The van der Waals surface area contributed by atoms with Crippen LogP contribution in [0.15, 0.2) is 60.7 Å². The third kappa shape index (κ3) is 3.51. The number of benzene rings is 2. The van der Waals surface area contributed by atoms with Crippen molar-refractivity contribution in [1.29, 1.82) is 0 Å². The first-order valence-electron chi connectivity index (χ1n) is 5.28. The van der Waals surface area contributed by atoms with Crippen molar-refractivity contribution < 1.29 is 4.79 Å². The van der Waals surface area contributed by atoms with Crippen molar-refractivity contribution in [3.63, 3.8) is 0 Å². The Labute approximate surface area is 100 Å². The highest BCUT2D eigenvalue weighted by Gasteiger charge is 1.95. The summed E-state index contributed by atoms with van der Waals surface area (Å²) in [7, 11) is 0. The Balaban J connectivity index is 2.02. The van der Waals surface area contributed by atoms with E-state index < -0.39 is 0 Å². The largest absolute Gasteiger partial charge is 0.315 e. The van der Waals surface area contributed by atoms with Gasteiger partial charge < -0.3 is 5.32 Å². The Morgan fingerprint density at radius 2 is 1.47 bits per heavy atom. The van der Waals surface area contributed by atoms with Crippen LogP contribution in [0.2, 0.25) is 0 Å². The molecule has 1 amide bonds. The maximum Gasteiger partial charge on any atom is 0.300 e. The normalized spacial score (nSPS) is 8.94. The van der Waals surface area contributed by atoms with Crippen LogP contribution in [0.1, 0.15) is 5.56 Å². The number of para-hydroxylation sites is 1. The van der Waals surface area contributed by atoms with Crippen molar-refractivity contribution >= 4 is 11.6 Å². The van der Waals surface area contributed by atoms with Gasteiger partial charge in [-0.05, 0) is 24.3 Å². The highest BCUT2D eigenvalue weighted by molar-refractivity contribution is 6.04. The predicted molar refractivity (Wildman–Crippen MR) is 68.4 cm³/mol. The second kappa shape index (κ2) is 5.53. The fraction of sp³-hybridized carbons (Fsp3) is 0. The Bertz CT molecular complexity index is 550. The van der Waals surface area contributed by atoms with Crippen molar-refractivity contribution in [2.75, 3.05) is 5.32 Å². The lowest BCUT2D eigenvalue weighted by Crippen LogP contribution is -2.08. The van der Waals surface area contributed by atoms with E-state index in [1.807, 2.05) is 60.7 Å². The lowest BCUT2D eigenvalue weighted by atomic mass is 10.2. The van der Waals surface area contributed by atoms with Crippen LogP contribution in [0.4, 0.5) is 5.69 Å². The van der Waals surface area contributed by atoms with Gasteiger partial charge in [0.05, 0.1) is 0 Å². The minimum absolute atomic E-state index is 0.306. The van der Waals surface area contributed by atoms with Crippen molar-refractivity contribution in [3.05, 3.63) is 66.2 Å². The molecule has 2 aromatic carbocycles. The zero-order valence-electron chi connectivity index (χ0n) is 9.18. The fourth-order valence-corrected chi connectivity index (χ4v) is 1.33. The summed E-state index contributed by atoms with van der Waals surface area (Å²) in [5, 5.41) is 2.70. The summed E-state index contributed by atoms with van der Waals surface area (Å²) in [4.78, 5) is 11.5. The van der Waals surface area contributed by atoms with Crippen LogP contribution in [-0.2, 0) is 4.79 Å². The molecule has 0 aliphatic heterocycles. The van der Waals surface area contributed by atoms with Gasteiger partial charge in [-0.25, -0.2) is 0 Å². The quantitative estimate of drug-likeness (QED) is 0.737. The second-order valence-electron chi connectivity index (χ2n) is 3.44. The van der Waals surface area contributed by atoms with Gasteiger partial charge in [-0.1, -0.05) is 42.3 Å². The van der Waals surface area contributed by atoms with Crippen molar-refractivity contribution in [2.24, 2.45) is 0 Å². The van der Waals surface area contributed by atoms with E-state index in [-0.39, 0.29) is 5.91 Å². The molecule has 0 aliphatic carbocycles. The van der Waals surface area contributed by atoms with E-state index in [0.717, 1.165) is 11.3 Å². The van der Waals surface area contributed by atoms with Crippen LogP contribution < -0.4 is 5.32 Å². The first-order chi connectivity index (χ1) is 8.34. The van der Waals surface area contributed by atoms with Crippen molar-refractivity contribution in [1.82, 2.24) is 0 Å². The molecule has 0 aromatic heterocycles. The third-order valence-corrected chi connectivity index (χ3v) is 2.13. The molecule has 2 aromatic rings. The molecule has 2 rings (SSSR count). The van der Waals surface area contributed by atoms with Gasteiger partial charge in [0.15, 0.2) is 0 Å². The highest BCUT2D eigenvalue weighted by atomic mass is 16.1. The molecule has 0 bridgehead atoms. The topological polar surface area (TPSA) is 29.1 Å². The molecule has 0 aliphatic rings. The molecule has 2 heteroatoms. The number of amides is 1. The van der Waals surface area contributed by atoms with Gasteiger partial charge in [0.1, 0.15) is 0 Å². The first-order valence-corrected chi connectivity index (χ1v) is 5.28. The average Bonchev–Trinajstić information content (AvgIpc) is 2.39. The zero-order chi connectivity index (χ0) is 11.9. The molecule has 0 spiro atoms. The molecule has 0 saturated carbocycles. The average molecular weight is 221 g/mol.